The first-order valence-corrected chi connectivity index (χ1v) is 11.3. The van der Waals surface area contributed by atoms with E-state index in [1.54, 1.807) is 30.3 Å². The molecule has 0 heterocycles. The second-order valence-electron chi connectivity index (χ2n) is 6.23. The Morgan fingerprint density at radius 1 is 1.17 bits per heavy atom. The molecular weight excluding hydrogens is 416 g/mol. The van der Waals surface area contributed by atoms with Gasteiger partial charge in [-0.2, -0.15) is 0 Å². The van der Waals surface area contributed by atoms with E-state index in [1.165, 1.54) is 17.5 Å². The van der Waals surface area contributed by atoms with E-state index in [2.05, 4.69) is 5.32 Å². The fourth-order valence-corrected chi connectivity index (χ4v) is 3.95. The molecule has 2 aromatic rings. The molecule has 158 valence electrons. The van der Waals surface area contributed by atoms with Crippen molar-refractivity contribution in [3.8, 4) is 11.5 Å². The van der Waals surface area contributed by atoms with E-state index in [9.17, 15) is 13.2 Å². The Hall–Kier alpha value is -2.45. The molecule has 0 aliphatic heterocycles. The fraction of sp³-hybridized carbons (Fsp3) is 0.350. The third-order valence-corrected chi connectivity index (χ3v) is 5.54. The number of nitrogens with one attached hydrogen (secondary N) is 1. The molecule has 1 amide bonds. The summed E-state index contributed by atoms with van der Waals surface area (Å²) in [7, 11) is -2.06. The lowest BCUT2D eigenvalue weighted by Gasteiger charge is -2.23. The Bertz CT molecular complexity index is 950. The summed E-state index contributed by atoms with van der Waals surface area (Å²) in [4.78, 5) is 12.3. The number of methoxy groups -OCH3 is 1. The predicted molar refractivity (Wildman–Crippen MR) is 116 cm³/mol. The number of ether oxygens (including phenoxy) is 2. The number of nitrogens with zero attached hydrogens (tertiary/aromatic N) is 1. The highest BCUT2D eigenvalue weighted by Gasteiger charge is 2.19. The molecule has 2 aromatic carbocycles. The molecule has 7 nitrogen and oxygen atoms in total. The van der Waals surface area contributed by atoms with Crippen LogP contribution in [0.1, 0.15) is 19.8 Å². The van der Waals surface area contributed by atoms with Gasteiger partial charge in [0.1, 0.15) is 11.5 Å². The fourth-order valence-electron chi connectivity index (χ4n) is 2.74. The van der Waals surface area contributed by atoms with E-state index in [-0.39, 0.29) is 18.9 Å². The highest BCUT2D eigenvalue weighted by atomic mass is 35.5. The normalized spacial score (nSPS) is 11.0. The van der Waals surface area contributed by atoms with Crippen LogP contribution in [0, 0.1) is 0 Å². The minimum absolute atomic E-state index is 0.141. The monoisotopic (exact) mass is 440 g/mol. The second kappa shape index (κ2) is 10.4. The minimum Gasteiger partial charge on any atom is -0.495 e. The van der Waals surface area contributed by atoms with Crippen molar-refractivity contribution < 1.29 is 22.7 Å². The zero-order valence-electron chi connectivity index (χ0n) is 16.6. The maximum Gasteiger partial charge on any atom is 0.232 e. The number of benzene rings is 2. The van der Waals surface area contributed by atoms with E-state index >= 15 is 0 Å². The van der Waals surface area contributed by atoms with Crippen LogP contribution >= 0.6 is 11.6 Å². The number of rotatable bonds is 10. The van der Waals surface area contributed by atoms with Gasteiger partial charge in [-0.15, -0.1) is 0 Å². The van der Waals surface area contributed by atoms with Crippen LogP contribution in [0.5, 0.6) is 11.5 Å². The molecule has 0 saturated carbocycles. The number of amides is 1. The van der Waals surface area contributed by atoms with Gasteiger partial charge in [0.05, 0.1) is 36.4 Å². The van der Waals surface area contributed by atoms with Crippen LogP contribution in [-0.2, 0) is 14.8 Å². The molecule has 0 radical (unpaired) electrons. The Morgan fingerprint density at radius 3 is 2.52 bits per heavy atom. The van der Waals surface area contributed by atoms with E-state index in [1.807, 2.05) is 13.0 Å². The summed E-state index contributed by atoms with van der Waals surface area (Å²) >= 11 is 6.12. The summed E-state index contributed by atoms with van der Waals surface area (Å²) in [5.74, 6) is 0.823. The SMILES string of the molecule is CCOc1ccccc1NC(=O)CCCN(c1ccc(OC)c(Cl)c1)S(C)(=O)=O. The predicted octanol–water partition coefficient (Wildman–Crippen LogP) is 3.93. The smallest absolute Gasteiger partial charge is 0.232 e. The van der Waals surface area contributed by atoms with Crippen molar-refractivity contribution in [2.45, 2.75) is 19.8 Å². The van der Waals surface area contributed by atoms with Gasteiger partial charge in [0, 0.05) is 13.0 Å². The Kier molecular flexibility index (Phi) is 8.16. The molecule has 0 spiro atoms. The number of carbonyl (C=O) groups excluding carboxylic acids is 1. The zero-order valence-corrected chi connectivity index (χ0v) is 18.2. The largest absolute Gasteiger partial charge is 0.495 e. The lowest BCUT2D eigenvalue weighted by Crippen LogP contribution is -2.31. The van der Waals surface area contributed by atoms with Crippen molar-refractivity contribution in [1.82, 2.24) is 0 Å². The van der Waals surface area contributed by atoms with Crippen LogP contribution < -0.4 is 19.1 Å². The molecule has 0 fully saturated rings. The van der Waals surface area contributed by atoms with Gasteiger partial charge >= 0.3 is 0 Å². The van der Waals surface area contributed by atoms with Gasteiger partial charge in [-0.25, -0.2) is 8.42 Å². The maximum atomic E-state index is 12.3. The third-order valence-electron chi connectivity index (χ3n) is 4.05. The number of hydrogen-bond donors (Lipinski definition) is 1. The van der Waals surface area contributed by atoms with Crippen molar-refractivity contribution in [2.75, 3.05) is 36.1 Å². The molecule has 1 N–H and O–H groups in total. The van der Waals surface area contributed by atoms with E-state index in [4.69, 9.17) is 21.1 Å². The minimum atomic E-state index is -3.54. The highest BCUT2D eigenvalue weighted by molar-refractivity contribution is 7.92. The molecule has 0 saturated heterocycles. The average Bonchev–Trinajstić information content (AvgIpc) is 2.66. The van der Waals surface area contributed by atoms with Crippen molar-refractivity contribution >= 4 is 38.9 Å². The lowest BCUT2D eigenvalue weighted by molar-refractivity contribution is -0.116. The van der Waals surface area contributed by atoms with Crippen LogP contribution in [0.2, 0.25) is 5.02 Å². The van der Waals surface area contributed by atoms with E-state index in [0.29, 0.717) is 40.9 Å². The van der Waals surface area contributed by atoms with Crippen LogP contribution in [0.15, 0.2) is 42.5 Å². The summed E-state index contributed by atoms with van der Waals surface area (Å²) in [5.41, 5.74) is 1.00. The first kappa shape index (κ1) is 22.8. The Labute approximate surface area is 176 Å². The molecule has 2 rings (SSSR count). The van der Waals surface area contributed by atoms with Crippen LogP contribution in [0.25, 0.3) is 0 Å². The summed E-state index contributed by atoms with van der Waals surface area (Å²) in [6.07, 6.45) is 1.60. The molecule has 0 aliphatic rings. The average molecular weight is 441 g/mol. The number of sulfonamides is 1. The second-order valence-corrected chi connectivity index (χ2v) is 8.55. The molecule has 9 heteroatoms. The van der Waals surface area contributed by atoms with Gasteiger partial charge < -0.3 is 14.8 Å². The molecule has 0 atom stereocenters. The van der Waals surface area contributed by atoms with Gasteiger partial charge in [-0.05, 0) is 43.7 Å². The van der Waals surface area contributed by atoms with Crippen molar-refractivity contribution in [2.24, 2.45) is 0 Å². The number of para-hydroxylation sites is 2. The number of halogens is 1. The maximum absolute atomic E-state index is 12.3. The molecule has 0 aromatic heterocycles. The van der Waals surface area contributed by atoms with Gasteiger partial charge in [0.15, 0.2) is 0 Å². The summed E-state index contributed by atoms with van der Waals surface area (Å²) in [6, 6.07) is 11.9. The Morgan fingerprint density at radius 2 is 1.90 bits per heavy atom. The lowest BCUT2D eigenvalue weighted by atomic mass is 10.2. The topological polar surface area (TPSA) is 84.9 Å². The Balaban J connectivity index is 2.02. The van der Waals surface area contributed by atoms with Gasteiger partial charge in [-0.1, -0.05) is 23.7 Å². The third kappa shape index (κ3) is 6.54. The summed E-state index contributed by atoms with van der Waals surface area (Å²) in [5, 5.41) is 3.11. The molecule has 29 heavy (non-hydrogen) atoms. The standard InChI is InChI=1S/C20H25ClN2O5S/c1-4-28-19-9-6-5-8-17(19)22-20(24)10-7-13-23(29(3,25)26)15-11-12-18(27-2)16(21)14-15/h5-6,8-9,11-12,14H,4,7,10,13H2,1-3H3,(H,22,24). The van der Waals surface area contributed by atoms with Gasteiger partial charge in [0.2, 0.25) is 15.9 Å². The summed E-state index contributed by atoms with van der Waals surface area (Å²) in [6.45, 7) is 2.49. The first-order chi connectivity index (χ1) is 13.8. The van der Waals surface area contributed by atoms with Crippen molar-refractivity contribution in [1.29, 1.82) is 0 Å². The van der Waals surface area contributed by atoms with Crippen LogP contribution in [0.4, 0.5) is 11.4 Å². The quantitative estimate of drug-likeness (QED) is 0.605. The number of hydrogen-bond acceptors (Lipinski definition) is 5. The highest BCUT2D eigenvalue weighted by Crippen LogP contribution is 2.30. The first-order valence-electron chi connectivity index (χ1n) is 9.09. The van der Waals surface area contributed by atoms with Gasteiger partial charge in [-0.3, -0.25) is 9.10 Å². The van der Waals surface area contributed by atoms with E-state index < -0.39 is 10.0 Å². The van der Waals surface area contributed by atoms with Crippen LogP contribution in [-0.4, -0.2) is 40.8 Å². The van der Waals surface area contributed by atoms with E-state index in [0.717, 1.165) is 6.26 Å². The van der Waals surface area contributed by atoms with Crippen LogP contribution in [0.3, 0.4) is 0 Å². The summed E-state index contributed by atoms with van der Waals surface area (Å²) < 4.78 is 36.2. The zero-order chi connectivity index (χ0) is 21.4. The molecular formula is C20H25ClN2O5S. The number of anilines is 2. The molecule has 0 bridgehead atoms. The van der Waals surface area contributed by atoms with Crippen molar-refractivity contribution in [3.63, 3.8) is 0 Å². The van der Waals surface area contributed by atoms with Crippen molar-refractivity contribution in [3.05, 3.63) is 47.5 Å². The molecule has 0 unspecified atom stereocenters. The van der Waals surface area contributed by atoms with Gasteiger partial charge in [0.25, 0.3) is 0 Å². The molecule has 0 aliphatic carbocycles. The number of carbonyl (C=O) groups is 1.